The van der Waals surface area contributed by atoms with Crippen molar-refractivity contribution in [1.82, 2.24) is 5.32 Å². The molecule has 2 aromatic carbocycles. The van der Waals surface area contributed by atoms with Crippen LogP contribution < -0.4 is 14.8 Å². The van der Waals surface area contributed by atoms with Gasteiger partial charge in [0.15, 0.2) is 11.5 Å². The van der Waals surface area contributed by atoms with Crippen molar-refractivity contribution in [2.75, 3.05) is 20.3 Å². The first-order valence-corrected chi connectivity index (χ1v) is 7.33. The summed E-state index contributed by atoms with van der Waals surface area (Å²) in [5.41, 5.74) is 1.17. The van der Waals surface area contributed by atoms with Crippen molar-refractivity contribution in [3.63, 3.8) is 0 Å². The monoisotopic (exact) mass is 305 g/mol. The van der Waals surface area contributed by atoms with Gasteiger partial charge in [-0.05, 0) is 36.8 Å². The van der Waals surface area contributed by atoms with Crippen molar-refractivity contribution < 1.29 is 9.47 Å². The second kappa shape index (κ2) is 7.91. The van der Waals surface area contributed by atoms with E-state index >= 15 is 0 Å². The first-order valence-electron chi connectivity index (χ1n) is 6.95. The van der Waals surface area contributed by atoms with Crippen LogP contribution in [0.3, 0.4) is 0 Å². The maximum atomic E-state index is 6.00. The summed E-state index contributed by atoms with van der Waals surface area (Å²) in [4.78, 5) is 0. The third-order valence-corrected chi connectivity index (χ3v) is 3.46. The quantitative estimate of drug-likeness (QED) is 0.782. The summed E-state index contributed by atoms with van der Waals surface area (Å²) in [6.45, 7) is 3.42. The van der Waals surface area contributed by atoms with E-state index in [9.17, 15) is 0 Å². The van der Waals surface area contributed by atoms with Gasteiger partial charge in [0.2, 0.25) is 0 Å². The molecule has 0 bridgehead atoms. The Hall–Kier alpha value is -1.71. The average molecular weight is 306 g/mol. The molecule has 1 N–H and O–H groups in total. The maximum absolute atomic E-state index is 6.00. The molecule has 0 saturated heterocycles. The second-order valence-electron chi connectivity index (χ2n) is 4.73. The first kappa shape index (κ1) is 15.7. The van der Waals surface area contributed by atoms with Gasteiger partial charge in [-0.1, -0.05) is 35.9 Å². The molecule has 0 heterocycles. The van der Waals surface area contributed by atoms with Crippen LogP contribution in [-0.4, -0.2) is 20.3 Å². The van der Waals surface area contributed by atoms with Crippen LogP contribution in [0.25, 0.3) is 0 Å². The Morgan fingerprint density at radius 1 is 1.10 bits per heavy atom. The van der Waals surface area contributed by atoms with Gasteiger partial charge in [-0.15, -0.1) is 0 Å². The fourth-order valence-electron chi connectivity index (χ4n) is 2.07. The number of methoxy groups -OCH3 is 1. The molecular formula is C17H20ClNO2. The Labute approximate surface area is 130 Å². The molecule has 0 fully saturated rings. The van der Waals surface area contributed by atoms with Crippen LogP contribution in [0.4, 0.5) is 0 Å². The van der Waals surface area contributed by atoms with Crippen molar-refractivity contribution in [2.24, 2.45) is 0 Å². The average Bonchev–Trinajstić information content (AvgIpc) is 2.51. The van der Waals surface area contributed by atoms with Gasteiger partial charge in [0.25, 0.3) is 0 Å². The van der Waals surface area contributed by atoms with Gasteiger partial charge in [-0.2, -0.15) is 0 Å². The molecule has 21 heavy (non-hydrogen) atoms. The highest BCUT2D eigenvalue weighted by atomic mass is 35.5. The first-order chi connectivity index (χ1) is 10.2. The zero-order chi connectivity index (χ0) is 15.1. The highest BCUT2D eigenvalue weighted by Crippen LogP contribution is 2.25. The number of ether oxygens (including phenoxy) is 2. The zero-order valence-corrected chi connectivity index (χ0v) is 13.1. The predicted octanol–water partition coefficient (Wildman–Crippen LogP) is 4.08. The summed E-state index contributed by atoms with van der Waals surface area (Å²) in [7, 11) is 1.64. The summed E-state index contributed by atoms with van der Waals surface area (Å²) < 4.78 is 11.0. The van der Waals surface area contributed by atoms with E-state index in [1.807, 2.05) is 42.5 Å². The SMILES string of the molecule is COc1ccccc1OCCN[C@@H](C)c1cccc(Cl)c1. The van der Waals surface area contributed by atoms with Crippen molar-refractivity contribution in [3.8, 4) is 11.5 Å². The maximum Gasteiger partial charge on any atom is 0.161 e. The highest BCUT2D eigenvalue weighted by molar-refractivity contribution is 6.30. The Morgan fingerprint density at radius 3 is 2.57 bits per heavy atom. The molecule has 4 heteroatoms. The van der Waals surface area contributed by atoms with Crippen LogP contribution in [0.15, 0.2) is 48.5 Å². The smallest absolute Gasteiger partial charge is 0.161 e. The summed E-state index contributed by atoms with van der Waals surface area (Å²) in [6, 6.07) is 15.7. The van der Waals surface area contributed by atoms with Gasteiger partial charge in [-0.25, -0.2) is 0 Å². The van der Waals surface area contributed by atoms with E-state index < -0.39 is 0 Å². The molecular weight excluding hydrogens is 286 g/mol. The molecule has 2 aromatic rings. The lowest BCUT2D eigenvalue weighted by molar-refractivity contribution is 0.288. The van der Waals surface area contributed by atoms with E-state index in [1.54, 1.807) is 7.11 Å². The molecule has 0 aliphatic carbocycles. The second-order valence-corrected chi connectivity index (χ2v) is 5.17. The van der Waals surface area contributed by atoms with Crippen molar-refractivity contribution >= 4 is 11.6 Å². The predicted molar refractivity (Wildman–Crippen MR) is 86.4 cm³/mol. The minimum absolute atomic E-state index is 0.227. The molecule has 1 atom stereocenters. The molecule has 112 valence electrons. The molecule has 0 aliphatic heterocycles. The topological polar surface area (TPSA) is 30.5 Å². The molecule has 0 aliphatic rings. The lowest BCUT2D eigenvalue weighted by Gasteiger charge is -2.15. The van der Waals surface area contributed by atoms with Gasteiger partial charge in [0.05, 0.1) is 7.11 Å². The minimum Gasteiger partial charge on any atom is -0.493 e. The molecule has 2 rings (SSSR count). The number of hydrogen-bond acceptors (Lipinski definition) is 3. The molecule has 0 radical (unpaired) electrons. The van der Waals surface area contributed by atoms with E-state index in [1.165, 1.54) is 5.56 Å². The Balaban J connectivity index is 1.79. The largest absolute Gasteiger partial charge is 0.493 e. The fraction of sp³-hybridized carbons (Fsp3) is 0.294. The zero-order valence-electron chi connectivity index (χ0n) is 12.3. The Kier molecular flexibility index (Phi) is 5.90. The van der Waals surface area contributed by atoms with Gasteiger partial charge < -0.3 is 14.8 Å². The van der Waals surface area contributed by atoms with Crippen molar-refractivity contribution in [3.05, 3.63) is 59.1 Å². The third-order valence-electron chi connectivity index (χ3n) is 3.23. The number of hydrogen-bond donors (Lipinski definition) is 1. The third kappa shape index (κ3) is 4.66. The minimum atomic E-state index is 0.227. The van der Waals surface area contributed by atoms with Crippen LogP contribution in [0, 0.1) is 0 Å². The van der Waals surface area contributed by atoms with Crippen LogP contribution in [0.1, 0.15) is 18.5 Å². The van der Waals surface area contributed by atoms with Gasteiger partial charge in [0, 0.05) is 17.6 Å². The normalized spacial score (nSPS) is 12.0. The molecule has 0 saturated carbocycles. The fourth-order valence-corrected chi connectivity index (χ4v) is 2.27. The standard InChI is InChI=1S/C17H20ClNO2/c1-13(14-6-5-7-15(18)12-14)19-10-11-21-17-9-4-3-8-16(17)20-2/h3-9,12-13,19H,10-11H2,1-2H3/t13-/m0/s1. The van der Waals surface area contributed by atoms with Crippen LogP contribution in [-0.2, 0) is 0 Å². The van der Waals surface area contributed by atoms with E-state index in [-0.39, 0.29) is 6.04 Å². The van der Waals surface area contributed by atoms with E-state index in [0.29, 0.717) is 6.61 Å². The van der Waals surface area contributed by atoms with Crippen LogP contribution in [0.2, 0.25) is 5.02 Å². The number of halogens is 1. The Bertz CT molecular complexity index is 574. The lowest BCUT2D eigenvalue weighted by atomic mass is 10.1. The molecule has 0 amide bonds. The van der Waals surface area contributed by atoms with E-state index in [0.717, 1.165) is 23.1 Å². The van der Waals surface area contributed by atoms with Crippen LogP contribution >= 0.6 is 11.6 Å². The summed E-state index contributed by atoms with van der Waals surface area (Å²) in [5, 5.41) is 4.17. The number of para-hydroxylation sites is 2. The van der Waals surface area contributed by atoms with Crippen molar-refractivity contribution in [2.45, 2.75) is 13.0 Å². The number of nitrogens with one attached hydrogen (secondary N) is 1. The number of rotatable bonds is 7. The van der Waals surface area contributed by atoms with Crippen molar-refractivity contribution in [1.29, 1.82) is 0 Å². The molecule has 0 unspecified atom stereocenters. The summed E-state index contributed by atoms with van der Waals surface area (Å²) in [6.07, 6.45) is 0. The summed E-state index contributed by atoms with van der Waals surface area (Å²) in [5.74, 6) is 1.51. The highest BCUT2D eigenvalue weighted by Gasteiger charge is 2.06. The Morgan fingerprint density at radius 2 is 1.86 bits per heavy atom. The van der Waals surface area contributed by atoms with Gasteiger partial charge in [0.1, 0.15) is 6.61 Å². The van der Waals surface area contributed by atoms with E-state index in [2.05, 4.69) is 18.3 Å². The van der Waals surface area contributed by atoms with Gasteiger partial charge >= 0.3 is 0 Å². The van der Waals surface area contributed by atoms with Gasteiger partial charge in [-0.3, -0.25) is 0 Å². The molecule has 3 nitrogen and oxygen atoms in total. The number of benzene rings is 2. The molecule has 0 spiro atoms. The molecule has 0 aromatic heterocycles. The van der Waals surface area contributed by atoms with Crippen LogP contribution in [0.5, 0.6) is 11.5 Å². The lowest BCUT2D eigenvalue weighted by Crippen LogP contribution is -2.24. The van der Waals surface area contributed by atoms with E-state index in [4.69, 9.17) is 21.1 Å². The summed E-state index contributed by atoms with van der Waals surface area (Å²) >= 11 is 6.00.